The predicted octanol–water partition coefficient (Wildman–Crippen LogP) is 3.81. The van der Waals surface area contributed by atoms with Crippen molar-refractivity contribution in [2.45, 2.75) is 6.42 Å². The number of H-pyrrole nitrogens is 1. The number of aromatic nitrogens is 1. The zero-order chi connectivity index (χ0) is 12.8. The number of aromatic amines is 1. The summed E-state index contributed by atoms with van der Waals surface area (Å²) >= 11 is 0. The number of rotatable bonds is 7. The number of hydrogen-bond acceptors (Lipinski definition) is 1. The van der Waals surface area contributed by atoms with Crippen LogP contribution in [-0.4, -0.2) is 29.5 Å². The van der Waals surface area contributed by atoms with Crippen LogP contribution in [-0.2, 0) is 6.42 Å². The first-order chi connectivity index (χ1) is 8.85. The third-order valence-corrected chi connectivity index (χ3v) is 3.15. The first kappa shape index (κ1) is 15.5. The Bertz CT molecular complexity index is 520. The number of fused-ring (bicyclic) bond motifs is 1. The molecule has 0 bridgehead atoms. The minimum Gasteiger partial charge on any atom is -0.361 e. The van der Waals surface area contributed by atoms with Gasteiger partial charge in [-0.15, -0.1) is 25.6 Å². The highest BCUT2D eigenvalue weighted by molar-refractivity contribution is 5.85. The first-order valence-electron chi connectivity index (χ1n) is 6.34. The lowest BCUT2D eigenvalue weighted by Crippen LogP contribution is -2.26. The van der Waals surface area contributed by atoms with Crippen LogP contribution in [0.5, 0.6) is 0 Å². The van der Waals surface area contributed by atoms with Crippen molar-refractivity contribution in [3.8, 4) is 0 Å². The maximum atomic E-state index is 3.80. The van der Waals surface area contributed by atoms with E-state index in [1.165, 1.54) is 16.5 Å². The summed E-state index contributed by atoms with van der Waals surface area (Å²) in [5.41, 5.74) is 2.59. The highest BCUT2D eigenvalue weighted by Crippen LogP contribution is 2.18. The molecule has 1 heterocycles. The minimum absolute atomic E-state index is 0. The van der Waals surface area contributed by atoms with Gasteiger partial charge in [-0.1, -0.05) is 30.4 Å². The molecule has 0 aliphatic rings. The smallest absolute Gasteiger partial charge is 0.0456 e. The van der Waals surface area contributed by atoms with Crippen molar-refractivity contribution in [1.29, 1.82) is 0 Å². The van der Waals surface area contributed by atoms with Crippen LogP contribution in [0, 0.1) is 0 Å². The second kappa shape index (κ2) is 7.82. The number of nitrogens with zero attached hydrogens (tertiary/aromatic N) is 1. The van der Waals surface area contributed by atoms with E-state index < -0.39 is 0 Å². The summed E-state index contributed by atoms with van der Waals surface area (Å²) in [7, 11) is 0. The molecule has 0 saturated heterocycles. The number of para-hydroxylation sites is 1. The average molecular weight is 277 g/mol. The molecule has 1 aromatic heterocycles. The molecule has 0 unspecified atom stereocenters. The van der Waals surface area contributed by atoms with Gasteiger partial charge in [-0.2, -0.15) is 0 Å². The summed E-state index contributed by atoms with van der Waals surface area (Å²) in [6.45, 7) is 10.4. The van der Waals surface area contributed by atoms with Crippen LogP contribution < -0.4 is 0 Å². The molecule has 0 saturated carbocycles. The van der Waals surface area contributed by atoms with Crippen LogP contribution in [0.15, 0.2) is 55.8 Å². The largest absolute Gasteiger partial charge is 0.361 e. The Morgan fingerprint density at radius 1 is 1.11 bits per heavy atom. The van der Waals surface area contributed by atoms with Gasteiger partial charge in [-0.05, 0) is 18.1 Å². The molecule has 2 aromatic rings. The van der Waals surface area contributed by atoms with Crippen LogP contribution in [0.3, 0.4) is 0 Å². The first-order valence-corrected chi connectivity index (χ1v) is 6.34. The van der Waals surface area contributed by atoms with E-state index in [1.807, 2.05) is 12.2 Å². The zero-order valence-corrected chi connectivity index (χ0v) is 12.0. The Labute approximate surface area is 121 Å². The fraction of sp³-hybridized carbons (Fsp3) is 0.250. The second-order valence-corrected chi connectivity index (χ2v) is 4.45. The molecule has 2 rings (SSSR count). The van der Waals surface area contributed by atoms with Gasteiger partial charge in [0, 0.05) is 36.7 Å². The van der Waals surface area contributed by atoms with E-state index in [0.717, 1.165) is 26.1 Å². The van der Waals surface area contributed by atoms with Gasteiger partial charge in [0.05, 0.1) is 0 Å². The molecule has 19 heavy (non-hydrogen) atoms. The van der Waals surface area contributed by atoms with E-state index in [4.69, 9.17) is 0 Å². The summed E-state index contributed by atoms with van der Waals surface area (Å²) in [5.74, 6) is 0. The standard InChI is InChI=1S/C16H20N2.ClH/c1-3-10-18(11-4-2)12-9-14-13-17-16-8-6-5-7-15(14)16;/h3-8,13,17H,1-2,9-12H2;1H. The third kappa shape index (κ3) is 3.98. The number of benzene rings is 1. The van der Waals surface area contributed by atoms with E-state index >= 15 is 0 Å². The van der Waals surface area contributed by atoms with Gasteiger partial charge in [0.25, 0.3) is 0 Å². The normalized spacial score (nSPS) is 10.4. The SMILES string of the molecule is C=CCN(CC=C)CCc1c[nH]c2ccccc12.Cl. The van der Waals surface area contributed by atoms with Crippen LogP contribution in [0.25, 0.3) is 10.9 Å². The lowest BCUT2D eigenvalue weighted by molar-refractivity contribution is 0.340. The molecule has 0 spiro atoms. The van der Waals surface area contributed by atoms with Gasteiger partial charge < -0.3 is 4.98 Å². The molecule has 0 aliphatic carbocycles. The molecule has 1 N–H and O–H groups in total. The molecule has 102 valence electrons. The molecule has 0 atom stereocenters. The van der Waals surface area contributed by atoms with E-state index in [2.05, 4.69) is 53.5 Å². The Morgan fingerprint density at radius 3 is 2.47 bits per heavy atom. The van der Waals surface area contributed by atoms with E-state index in [9.17, 15) is 0 Å². The van der Waals surface area contributed by atoms with Crippen molar-refractivity contribution in [2.75, 3.05) is 19.6 Å². The van der Waals surface area contributed by atoms with Crippen molar-refractivity contribution in [3.63, 3.8) is 0 Å². The Hall–Kier alpha value is -1.51. The van der Waals surface area contributed by atoms with Crippen molar-refractivity contribution in [2.24, 2.45) is 0 Å². The fourth-order valence-corrected chi connectivity index (χ4v) is 2.24. The maximum absolute atomic E-state index is 3.80. The lowest BCUT2D eigenvalue weighted by Gasteiger charge is -2.18. The molecule has 1 aromatic carbocycles. The minimum atomic E-state index is 0. The number of hydrogen-bond donors (Lipinski definition) is 1. The zero-order valence-electron chi connectivity index (χ0n) is 11.1. The predicted molar refractivity (Wildman–Crippen MR) is 86.1 cm³/mol. The summed E-state index contributed by atoms with van der Waals surface area (Å²) < 4.78 is 0. The number of halogens is 1. The molecule has 0 aliphatic heterocycles. The van der Waals surface area contributed by atoms with Gasteiger partial charge >= 0.3 is 0 Å². The third-order valence-electron chi connectivity index (χ3n) is 3.15. The van der Waals surface area contributed by atoms with Crippen molar-refractivity contribution < 1.29 is 0 Å². The highest BCUT2D eigenvalue weighted by Gasteiger charge is 2.05. The summed E-state index contributed by atoms with van der Waals surface area (Å²) in [6.07, 6.45) is 7.05. The second-order valence-electron chi connectivity index (χ2n) is 4.45. The average Bonchev–Trinajstić information content (AvgIpc) is 2.80. The summed E-state index contributed by atoms with van der Waals surface area (Å²) in [4.78, 5) is 5.65. The molecule has 2 nitrogen and oxygen atoms in total. The molecule has 3 heteroatoms. The van der Waals surface area contributed by atoms with Crippen molar-refractivity contribution in [1.82, 2.24) is 9.88 Å². The van der Waals surface area contributed by atoms with Gasteiger partial charge in [-0.25, -0.2) is 0 Å². The van der Waals surface area contributed by atoms with Crippen LogP contribution in [0.4, 0.5) is 0 Å². The van der Waals surface area contributed by atoms with Crippen LogP contribution >= 0.6 is 12.4 Å². The van der Waals surface area contributed by atoms with Gasteiger partial charge in [0.1, 0.15) is 0 Å². The van der Waals surface area contributed by atoms with E-state index in [0.29, 0.717) is 0 Å². The molecule has 0 radical (unpaired) electrons. The summed E-state index contributed by atoms with van der Waals surface area (Å²) in [6, 6.07) is 8.44. The van der Waals surface area contributed by atoms with E-state index in [1.54, 1.807) is 0 Å². The Kier molecular flexibility index (Phi) is 6.40. The fourth-order valence-electron chi connectivity index (χ4n) is 2.24. The Balaban J connectivity index is 0.00000180. The quantitative estimate of drug-likeness (QED) is 0.762. The topological polar surface area (TPSA) is 19.0 Å². The molecule has 0 amide bonds. The Morgan fingerprint density at radius 2 is 1.79 bits per heavy atom. The molecule has 0 fully saturated rings. The highest BCUT2D eigenvalue weighted by atomic mass is 35.5. The van der Waals surface area contributed by atoms with Gasteiger partial charge in [0.2, 0.25) is 0 Å². The van der Waals surface area contributed by atoms with Crippen LogP contribution in [0.2, 0.25) is 0 Å². The lowest BCUT2D eigenvalue weighted by atomic mass is 10.1. The molecular weight excluding hydrogens is 256 g/mol. The number of nitrogens with one attached hydrogen (secondary N) is 1. The van der Waals surface area contributed by atoms with Gasteiger partial charge in [-0.3, -0.25) is 4.90 Å². The maximum Gasteiger partial charge on any atom is 0.0456 e. The van der Waals surface area contributed by atoms with E-state index in [-0.39, 0.29) is 12.4 Å². The van der Waals surface area contributed by atoms with Crippen molar-refractivity contribution in [3.05, 3.63) is 61.3 Å². The monoisotopic (exact) mass is 276 g/mol. The van der Waals surface area contributed by atoms with Crippen LogP contribution in [0.1, 0.15) is 5.56 Å². The van der Waals surface area contributed by atoms with Gasteiger partial charge in [0.15, 0.2) is 0 Å². The molecular formula is C16H21ClN2. The van der Waals surface area contributed by atoms with Crippen molar-refractivity contribution >= 4 is 23.3 Å². The summed E-state index contributed by atoms with van der Waals surface area (Å²) in [5, 5.41) is 1.33.